The predicted molar refractivity (Wildman–Crippen MR) is 166 cm³/mol. The third-order valence-corrected chi connectivity index (χ3v) is 8.01. The van der Waals surface area contributed by atoms with Gasteiger partial charge < -0.3 is 9.13 Å². The van der Waals surface area contributed by atoms with Gasteiger partial charge in [0.25, 0.3) is 0 Å². The second-order valence-corrected chi connectivity index (χ2v) is 11.1. The van der Waals surface area contributed by atoms with Crippen molar-refractivity contribution in [3.05, 3.63) is 106 Å². The van der Waals surface area contributed by atoms with Gasteiger partial charge in [0.05, 0.1) is 33.7 Å². The van der Waals surface area contributed by atoms with E-state index in [0.29, 0.717) is 12.1 Å². The highest BCUT2D eigenvalue weighted by Gasteiger charge is 2.18. The highest BCUT2D eigenvalue weighted by atomic mass is 79.9. The first-order valence-corrected chi connectivity index (χ1v) is 14.5. The number of fused-ring (bicyclic) bond motifs is 2. The summed E-state index contributed by atoms with van der Waals surface area (Å²) in [5.74, 6) is 2.03. The van der Waals surface area contributed by atoms with Gasteiger partial charge in [-0.05, 0) is 78.9 Å². The van der Waals surface area contributed by atoms with Gasteiger partial charge in [0.1, 0.15) is 11.6 Å². The zero-order valence-electron chi connectivity index (χ0n) is 22.9. The van der Waals surface area contributed by atoms with Crippen LogP contribution in [0.2, 0.25) is 0 Å². The maximum Gasteiger partial charge on any atom is 0.141 e. The van der Waals surface area contributed by atoms with Gasteiger partial charge in [0.2, 0.25) is 0 Å². The Morgan fingerprint density at radius 2 is 1.68 bits per heavy atom. The van der Waals surface area contributed by atoms with Crippen LogP contribution in [-0.2, 0) is 19.5 Å². The number of halogens is 1. The van der Waals surface area contributed by atoms with Gasteiger partial charge in [-0.15, -0.1) is 0 Å². The van der Waals surface area contributed by atoms with E-state index in [2.05, 4.69) is 94.4 Å². The van der Waals surface area contributed by atoms with Gasteiger partial charge in [0, 0.05) is 29.5 Å². The zero-order chi connectivity index (χ0) is 27.8. The molecule has 6 rings (SSSR count). The zero-order valence-corrected chi connectivity index (χ0v) is 24.5. The molecule has 5 nitrogen and oxygen atoms in total. The number of aryl methyl sites for hydroxylation is 3. The molecule has 0 radical (unpaired) electrons. The van der Waals surface area contributed by atoms with Crippen LogP contribution < -0.4 is 0 Å². The standard InChI is InChI=1S/C34H30BrN5/c1-4-9-32-38-33-22(3)16-25(34-37-29-19-27(35)13-15-30(29)39(34)5-2)18-31(33)40(32)21-23-12-14-28(26(17-23)20-36)24-10-7-6-8-11-24/h6-8,10-19H,4-5,9,21H2,1-3H3. The fraction of sp³-hybridized carbons (Fsp3) is 0.206. The van der Waals surface area contributed by atoms with Gasteiger partial charge >= 0.3 is 0 Å². The minimum absolute atomic E-state index is 0.648. The fourth-order valence-corrected chi connectivity index (χ4v) is 5.99. The molecule has 2 heterocycles. The lowest BCUT2D eigenvalue weighted by atomic mass is 9.98. The first-order valence-electron chi connectivity index (χ1n) is 13.7. The third kappa shape index (κ3) is 4.61. The van der Waals surface area contributed by atoms with Crippen molar-refractivity contribution in [2.75, 3.05) is 0 Å². The summed E-state index contributed by atoms with van der Waals surface area (Å²) in [6.07, 6.45) is 1.89. The van der Waals surface area contributed by atoms with Crippen LogP contribution in [-0.4, -0.2) is 19.1 Å². The molecule has 4 aromatic carbocycles. The smallest absolute Gasteiger partial charge is 0.141 e. The largest absolute Gasteiger partial charge is 0.324 e. The van der Waals surface area contributed by atoms with Crippen molar-refractivity contribution in [2.24, 2.45) is 0 Å². The van der Waals surface area contributed by atoms with Crippen LogP contribution in [0.1, 0.15) is 42.8 Å². The van der Waals surface area contributed by atoms with Gasteiger partial charge in [-0.2, -0.15) is 5.26 Å². The molecular formula is C34H30BrN5. The van der Waals surface area contributed by atoms with Crippen LogP contribution in [0.5, 0.6) is 0 Å². The summed E-state index contributed by atoms with van der Waals surface area (Å²) in [5, 5.41) is 9.98. The van der Waals surface area contributed by atoms with Crippen LogP contribution >= 0.6 is 15.9 Å². The summed E-state index contributed by atoms with van der Waals surface area (Å²) >= 11 is 3.59. The Morgan fingerprint density at radius 3 is 2.42 bits per heavy atom. The van der Waals surface area contributed by atoms with E-state index in [1.807, 2.05) is 36.4 Å². The topological polar surface area (TPSA) is 59.4 Å². The summed E-state index contributed by atoms with van der Waals surface area (Å²) in [5.41, 5.74) is 10.2. The summed E-state index contributed by atoms with van der Waals surface area (Å²) in [6, 6.07) is 29.5. The van der Waals surface area contributed by atoms with Gasteiger partial charge in [-0.25, -0.2) is 9.97 Å². The molecule has 0 aliphatic heterocycles. The Bertz CT molecular complexity index is 1910. The SMILES string of the molecule is CCCc1nc2c(C)cc(-c3nc4cc(Br)ccc4n3CC)cc2n1Cc1ccc(-c2ccccc2)c(C#N)c1. The van der Waals surface area contributed by atoms with E-state index in [9.17, 15) is 5.26 Å². The van der Waals surface area contributed by atoms with Crippen molar-refractivity contribution in [1.82, 2.24) is 19.1 Å². The average molecular weight is 589 g/mol. The maximum atomic E-state index is 9.98. The molecule has 2 aromatic heterocycles. The van der Waals surface area contributed by atoms with Crippen molar-refractivity contribution in [3.8, 4) is 28.6 Å². The molecular weight excluding hydrogens is 558 g/mol. The molecule has 6 heteroatoms. The highest BCUT2D eigenvalue weighted by Crippen LogP contribution is 2.32. The molecule has 0 aliphatic carbocycles. The molecule has 0 amide bonds. The Hall–Kier alpha value is -4.21. The molecule has 0 N–H and O–H groups in total. The second-order valence-electron chi connectivity index (χ2n) is 10.2. The molecule has 0 saturated heterocycles. The molecule has 0 saturated carbocycles. The molecule has 0 bridgehead atoms. The Balaban J connectivity index is 1.48. The molecule has 40 heavy (non-hydrogen) atoms. The lowest BCUT2D eigenvalue weighted by molar-refractivity contribution is 0.721. The van der Waals surface area contributed by atoms with Crippen molar-refractivity contribution < 1.29 is 0 Å². The number of aromatic nitrogens is 4. The van der Waals surface area contributed by atoms with Crippen LogP contribution in [0.15, 0.2) is 83.3 Å². The summed E-state index contributed by atoms with van der Waals surface area (Å²) in [6.45, 7) is 7.96. The van der Waals surface area contributed by atoms with Crippen LogP contribution in [0.25, 0.3) is 44.6 Å². The molecule has 198 valence electrons. The number of benzene rings is 4. The van der Waals surface area contributed by atoms with E-state index in [-0.39, 0.29) is 0 Å². The molecule has 6 aromatic rings. The van der Waals surface area contributed by atoms with Gasteiger partial charge in [-0.1, -0.05) is 65.3 Å². The van der Waals surface area contributed by atoms with E-state index in [4.69, 9.17) is 9.97 Å². The van der Waals surface area contributed by atoms with Crippen molar-refractivity contribution in [3.63, 3.8) is 0 Å². The minimum Gasteiger partial charge on any atom is -0.324 e. The molecule has 0 fully saturated rings. The van der Waals surface area contributed by atoms with Crippen LogP contribution in [0, 0.1) is 18.3 Å². The summed E-state index contributed by atoms with van der Waals surface area (Å²) in [7, 11) is 0. The van der Waals surface area contributed by atoms with Crippen molar-refractivity contribution >= 4 is 38.0 Å². The number of imidazole rings is 2. The Morgan fingerprint density at radius 1 is 0.850 bits per heavy atom. The van der Waals surface area contributed by atoms with E-state index < -0.39 is 0 Å². The maximum absolute atomic E-state index is 9.98. The number of hydrogen-bond acceptors (Lipinski definition) is 3. The van der Waals surface area contributed by atoms with E-state index in [1.54, 1.807) is 0 Å². The lowest BCUT2D eigenvalue weighted by Gasteiger charge is -2.13. The molecule has 0 unspecified atom stereocenters. The molecule has 0 aliphatic rings. The number of nitriles is 1. The number of rotatable bonds is 7. The highest BCUT2D eigenvalue weighted by molar-refractivity contribution is 9.10. The average Bonchev–Trinajstić information content (AvgIpc) is 3.51. The second kappa shape index (κ2) is 10.7. The summed E-state index contributed by atoms with van der Waals surface area (Å²) < 4.78 is 5.62. The molecule has 0 atom stereocenters. The predicted octanol–water partition coefficient (Wildman–Crippen LogP) is 8.68. The summed E-state index contributed by atoms with van der Waals surface area (Å²) in [4.78, 5) is 10.1. The third-order valence-electron chi connectivity index (χ3n) is 7.51. The van der Waals surface area contributed by atoms with E-state index in [0.717, 1.165) is 85.4 Å². The lowest BCUT2D eigenvalue weighted by Crippen LogP contribution is -2.06. The normalized spacial score (nSPS) is 11.4. The van der Waals surface area contributed by atoms with Crippen LogP contribution in [0.3, 0.4) is 0 Å². The van der Waals surface area contributed by atoms with Crippen molar-refractivity contribution in [1.29, 1.82) is 5.26 Å². The first kappa shape index (κ1) is 26.0. The van der Waals surface area contributed by atoms with E-state index >= 15 is 0 Å². The van der Waals surface area contributed by atoms with Gasteiger partial charge in [0.15, 0.2) is 0 Å². The van der Waals surface area contributed by atoms with E-state index in [1.165, 1.54) is 0 Å². The number of hydrogen-bond donors (Lipinski definition) is 0. The minimum atomic E-state index is 0.648. The first-order chi connectivity index (χ1) is 19.5. The van der Waals surface area contributed by atoms with Gasteiger partial charge in [-0.3, -0.25) is 0 Å². The Kier molecular flexibility index (Phi) is 7.00. The monoisotopic (exact) mass is 587 g/mol. The molecule has 0 spiro atoms. The van der Waals surface area contributed by atoms with Crippen molar-refractivity contribution in [2.45, 2.75) is 46.7 Å². The van der Waals surface area contributed by atoms with Crippen LogP contribution in [0.4, 0.5) is 0 Å². The fourth-order valence-electron chi connectivity index (χ4n) is 5.64. The number of nitrogens with zero attached hydrogens (tertiary/aromatic N) is 5. The quantitative estimate of drug-likeness (QED) is 0.188. The Labute approximate surface area is 242 Å².